The van der Waals surface area contributed by atoms with Gasteiger partial charge in [0.25, 0.3) is 0 Å². The van der Waals surface area contributed by atoms with Crippen LogP contribution in [0.5, 0.6) is 0 Å². The first-order valence-electron chi connectivity index (χ1n) is 9.54. The zero-order valence-corrected chi connectivity index (χ0v) is 15.4. The summed E-state index contributed by atoms with van der Waals surface area (Å²) in [5, 5.41) is 2.86. The van der Waals surface area contributed by atoms with Crippen molar-refractivity contribution in [3.8, 4) is 0 Å². The molecule has 7 heteroatoms. The van der Waals surface area contributed by atoms with Gasteiger partial charge in [0.05, 0.1) is 11.8 Å². The molecule has 148 valence electrons. The van der Waals surface area contributed by atoms with Crippen molar-refractivity contribution in [3.05, 3.63) is 29.8 Å². The van der Waals surface area contributed by atoms with Gasteiger partial charge in [-0.3, -0.25) is 9.59 Å². The van der Waals surface area contributed by atoms with Gasteiger partial charge in [-0.15, -0.1) is 0 Å². The van der Waals surface area contributed by atoms with Crippen molar-refractivity contribution in [3.63, 3.8) is 0 Å². The van der Waals surface area contributed by atoms with Gasteiger partial charge in [-0.2, -0.15) is 13.2 Å². The second kappa shape index (κ2) is 7.90. The van der Waals surface area contributed by atoms with Crippen molar-refractivity contribution in [2.45, 2.75) is 57.7 Å². The van der Waals surface area contributed by atoms with E-state index in [9.17, 15) is 22.8 Å². The van der Waals surface area contributed by atoms with Gasteiger partial charge in [-0.1, -0.05) is 19.1 Å². The number of carbonyl (C=O) groups excluding carboxylic acids is 2. The predicted octanol–water partition coefficient (Wildman–Crippen LogP) is 3.84. The second-order valence-electron chi connectivity index (χ2n) is 7.53. The standard InChI is InChI=1S/C20H25F3N2O2/c1-2-13-4-3-5-17(10-13)25-12-14(11-18(25)26)19(27)24-16-8-6-15(7-9-16)20(21,22)23/h3-5,10,14-16H,2,6-9,11-12H2,1H3,(H,24,27). The van der Waals surface area contributed by atoms with Crippen LogP contribution in [0.25, 0.3) is 0 Å². The smallest absolute Gasteiger partial charge is 0.353 e. The molecule has 1 atom stereocenters. The summed E-state index contributed by atoms with van der Waals surface area (Å²) in [7, 11) is 0. The van der Waals surface area contributed by atoms with Gasteiger partial charge in [0.15, 0.2) is 0 Å². The molecule has 1 aliphatic carbocycles. The van der Waals surface area contributed by atoms with E-state index < -0.39 is 18.0 Å². The number of hydrogen-bond donors (Lipinski definition) is 1. The van der Waals surface area contributed by atoms with Gasteiger partial charge in [0.1, 0.15) is 0 Å². The molecule has 27 heavy (non-hydrogen) atoms. The van der Waals surface area contributed by atoms with Crippen LogP contribution in [-0.4, -0.2) is 30.6 Å². The minimum atomic E-state index is -4.15. The lowest BCUT2D eigenvalue weighted by Gasteiger charge is -2.30. The first kappa shape index (κ1) is 19.7. The Morgan fingerprint density at radius 1 is 1.22 bits per heavy atom. The lowest BCUT2D eigenvalue weighted by Crippen LogP contribution is -2.43. The summed E-state index contributed by atoms with van der Waals surface area (Å²) in [6, 6.07) is 7.47. The molecule has 0 radical (unpaired) electrons. The normalized spacial score (nSPS) is 26.3. The van der Waals surface area contributed by atoms with Crippen LogP contribution >= 0.6 is 0 Å². The third kappa shape index (κ3) is 4.62. The number of benzene rings is 1. The Morgan fingerprint density at radius 3 is 2.56 bits per heavy atom. The molecule has 2 fully saturated rings. The monoisotopic (exact) mass is 382 g/mol. The zero-order chi connectivity index (χ0) is 19.6. The average molecular weight is 382 g/mol. The Hall–Kier alpha value is -2.05. The predicted molar refractivity (Wildman–Crippen MR) is 96.2 cm³/mol. The summed E-state index contributed by atoms with van der Waals surface area (Å²) in [5.74, 6) is -2.04. The van der Waals surface area contributed by atoms with Gasteiger partial charge >= 0.3 is 6.18 Å². The first-order chi connectivity index (χ1) is 12.8. The lowest BCUT2D eigenvalue weighted by atomic mass is 9.85. The molecule has 4 nitrogen and oxygen atoms in total. The molecule has 2 amide bonds. The molecule has 1 aliphatic heterocycles. The molecule has 0 spiro atoms. The van der Waals surface area contributed by atoms with E-state index in [2.05, 4.69) is 5.32 Å². The highest BCUT2D eigenvalue weighted by molar-refractivity contribution is 6.00. The summed E-state index contributed by atoms with van der Waals surface area (Å²) in [5.41, 5.74) is 1.91. The fourth-order valence-electron chi connectivity index (χ4n) is 3.96. The van der Waals surface area contributed by atoms with E-state index in [0.717, 1.165) is 17.7 Å². The van der Waals surface area contributed by atoms with Crippen LogP contribution in [-0.2, 0) is 16.0 Å². The number of nitrogens with zero attached hydrogens (tertiary/aromatic N) is 1. The number of anilines is 1. The summed E-state index contributed by atoms with van der Waals surface area (Å²) in [6.45, 7) is 2.35. The maximum Gasteiger partial charge on any atom is 0.391 e. The molecule has 1 saturated carbocycles. The fourth-order valence-corrected chi connectivity index (χ4v) is 3.96. The largest absolute Gasteiger partial charge is 0.391 e. The number of hydrogen-bond acceptors (Lipinski definition) is 2. The zero-order valence-electron chi connectivity index (χ0n) is 15.4. The molecule has 3 rings (SSSR count). The van der Waals surface area contributed by atoms with Crippen LogP contribution in [0.2, 0.25) is 0 Å². The van der Waals surface area contributed by atoms with Crippen LogP contribution in [0, 0.1) is 11.8 Å². The number of aryl methyl sites for hydroxylation is 1. The third-order valence-electron chi connectivity index (χ3n) is 5.66. The summed E-state index contributed by atoms with van der Waals surface area (Å²) in [6.07, 6.45) is -2.39. The molecular formula is C20H25F3N2O2. The maximum atomic E-state index is 12.7. The fraction of sp³-hybridized carbons (Fsp3) is 0.600. The number of carbonyl (C=O) groups is 2. The van der Waals surface area contributed by atoms with Crippen molar-refractivity contribution >= 4 is 17.5 Å². The number of alkyl halides is 3. The maximum absolute atomic E-state index is 12.7. The summed E-state index contributed by atoms with van der Waals surface area (Å²) in [4.78, 5) is 26.5. The average Bonchev–Trinajstić information content (AvgIpc) is 3.03. The second-order valence-corrected chi connectivity index (χ2v) is 7.53. The molecule has 1 heterocycles. The quantitative estimate of drug-likeness (QED) is 0.860. The molecule has 1 N–H and O–H groups in total. The van der Waals surface area contributed by atoms with Crippen molar-refractivity contribution in [2.75, 3.05) is 11.4 Å². The molecule has 0 bridgehead atoms. The van der Waals surface area contributed by atoms with E-state index in [0.29, 0.717) is 19.4 Å². The van der Waals surface area contributed by atoms with Gasteiger partial charge < -0.3 is 10.2 Å². The van der Waals surface area contributed by atoms with Gasteiger partial charge in [-0.25, -0.2) is 0 Å². The molecule has 1 aromatic carbocycles. The van der Waals surface area contributed by atoms with E-state index >= 15 is 0 Å². The Morgan fingerprint density at radius 2 is 1.93 bits per heavy atom. The van der Waals surface area contributed by atoms with Crippen LogP contribution in [0.15, 0.2) is 24.3 Å². The van der Waals surface area contributed by atoms with Crippen LogP contribution in [0.1, 0.15) is 44.6 Å². The highest BCUT2D eigenvalue weighted by atomic mass is 19.4. The van der Waals surface area contributed by atoms with Crippen molar-refractivity contribution in [1.82, 2.24) is 5.32 Å². The molecule has 1 saturated heterocycles. The Kier molecular flexibility index (Phi) is 5.77. The minimum absolute atomic E-state index is 0.0496. The van der Waals surface area contributed by atoms with E-state index in [-0.39, 0.29) is 37.1 Å². The van der Waals surface area contributed by atoms with Crippen molar-refractivity contribution < 1.29 is 22.8 Å². The summed E-state index contributed by atoms with van der Waals surface area (Å²) >= 11 is 0. The highest BCUT2D eigenvalue weighted by Crippen LogP contribution is 2.37. The Bertz CT molecular complexity index is 697. The van der Waals surface area contributed by atoms with Gasteiger partial charge in [-0.05, 0) is 49.8 Å². The van der Waals surface area contributed by atoms with Crippen molar-refractivity contribution in [2.24, 2.45) is 11.8 Å². The van der Waals surface area contributed by atoms with E-state index in [1.165, 1.54) is 0 Å². The Labute approximate surface area is 157 Å². The summed E-state index contributed by atoms with van der Waals surface area (Å²) < 4.78 is 38.2. The molecule has 1 aromatic rings. The highest BCUT2D eigenvalue weighted by Gasteiger charge is 2.42. The molecular weight excluding hydrogens is 357 g/mol. The van der Waals surface area contributed by atoms with Crippen LogP contribution in [0.3, 0.4) is 0 Å². The third-order valence-corrected chi connectivity index (χ3v) is 5.66. The minimum Gasteiger partial charge on any atom is -0.353 e. The van der Waals surface area contributed by atoms with Crippen molar-refractivity contribution in [1.29, 1.82) is 0 Å². The van der Waals surface area contributed by atoms with Crippen LogP contribution < -0.4 is 10.2 Å². The molecule has 0 aromatic heterocycles. The number of halogens is 3. The number of amides is 2. The molecule has 1 unspecified atom stereocenters. The SMILES string of the molecule is CCc1cccc(N2CC(C(=O)NC3CCC(C(F)(F)F)CC3)CC2=O)c1. The van der Waals surface area contributed by atoms with Crippen LogP contribution in [0.4, 0.5) is 18.9 Å². The Balaban J connectivity index is 1.55. The lowest BCUT2D eigenvalue weighted by molar-refractivity contribution is -0.182. The topological polar surface area (TPSA) is 49.4 Å². The van der Waals surface area contributed by atoms with Gasteiger partial charge in [0, 0.05) is 24.7 Å². The molecule has 2 aliphatic rings. The van der Waals surface area contributed by atoms with E-state index in [4.69, 9.17) is 0 Å². The van der Waals surface area contributed by atoms with E-state index in [1.807, 2.05) is 31.2 Å². The number of nitrogens with one attached hydrogen (secondary N) is 1. The van der Waals surface area contributed by atoms with E-state index in [1.54, 1.807) is 4.90 Å². The first-order valence-corrected chi connectivity index (χ1v) is 9.54. The number of rotatable bonds is 4. The van der Waals surface area contributed by atoms with Gasteiger partial charge in [0.2, 0.25) is 11.8 Å².